The number of rotatable bonds is 6. The van der Waals surface area contributed by atoms with Crippen molar-refractivity contribution in [2.24, 2.45) is 11.8 Å². The number of hydrogen-bond acceptors (Lipinski definition) is 2. The molecule has 1 saturated carbocycles. The van der Waals surface area contributed by atoms with E-state index in [0.717, 1.165) is 12.8 Å². The van der Waals surface area contributed by atoms with Crippen molar-refractivity contribution in [1.82, 2.24) is 0 Å². The molecule has 0 radical (unpaired) electrons. The first kappa shape index (κ1) is 22.0. The van der Waals surface area contributed by atoms with Gasteiger partial charge < -0.3 is 9.47 Å². The summed E-state index contributed by atoms with van der Waals surface area (Å²) in [7, 11) is 0. The Labute approximate surface area is 184 Å². The molecule has 2 fully saturated rings. The molecule has 2 aromatic carbocycles. The van der Waals surface area contributed by atoms with Gasteiger partial charge >= 0.3 is 0 Å². The predicted molar refractivity (Wildman–Crippen MR) is 120 cm³/mol. The second kappa shape index (κ2) is 9.95. The maximum absolute atomic E-state index is 15.0. The van der Waals surface area contributed by atoms with Crippen molar-refractivity contribution in [3.8, 4) is 16.9 Å². The van der Waals surface area contributed by atoms with Gasteiger partial charge in [-0.2, -0.15) is 0 Å². The lowest BCUT2D eigenvalue weighted by Gasteiger charge is -2.37. The summed E-state index contributed by atoms with van der Waals surface area (Å²) in [5.74, 6) is 0.896. The third-order valence-electron chi connectivity index (χ3n) is 6.99. The average Bonchev–Trinajstić information content (AvgIpc) is 2.81. The number of hydrogen-bond donors (Lipinski definition) is 0. The molecule has 1 aliphatic heterocycles. The average molecular weight is 427 g/mol. The lowest BCUT2D eigenvalue weighted by Crippen LogP contribution is -2.33. The summed E-state index contributed by atoms with van der Waals surface area (Å²) in [6.07, 6.45) is 9.14. The molecule has 0 amide bonds. The molecule has 1 heterocycles. The Hall–Kier alpha value is -2.20. The quantitative estimate of drug-likeness (QED) is 0.452. The molecule has 4 heteroatoms. The van der Waals surface area contributed by atoms with Crippen LogP contribution < -0.4 is 4.74 Å². The summed E-state index contributed by atoms with van der Waals surface area (Å²) in [4.78, 5) is 0. The minimum atomic E-state index is -0.433. The topological polar surface area (TPSA) is 18.5 Å². The summed E-state index contributed by atoms with van der Waals surface area (Å²) < 4.78 is 40.6. The van der Waals surface area contributed by atoms with E-state index in [2.05, 4.69) is 12.7 Å². The van der Waals surface area contributed by atoms with Gasteiger partial charge in [-0.05, 0) is 92.2 Å². The molecule has 4 rings (SSSR count). The molecule has 2 aliphatic rings. The SMILES string of the molecule is C=CC1CCC(C2CCC(c3ccc(-c4ccc(OCC)c(F)c4)cc3F)CO2)CC1. The maximum Gasteiger partial charge on any atom is 0.165 e. The van der Waals surface area contributed by atoms with E-state index < -0.39 is 5.82 Å². The summed E-state index contributed by atoms with van der Waals surface area (Å²) in [5, 5.41) is 0. The Kier molecular flexibility index (Phi) is 7.06. The van der Waals surface area contributed by atoms with Crippen molar-refractivity contribution in [3.05, 3.63) is 66.3 Å². The van der Waals surface area contributed by atoms with Gasteiger partial charge in [-0.15, -0.1) is 6.58 Å². The highest BCUT2D eigenvalue weighted by atomic mass is 19.1. The van der Waals surface area contributed by atoms with Crippen LogP contribution in [0, 0.1) is 23.5 Å². The lowest BCUT2D eigenvalue weighted by atomic mass is 9.77. The van der Waals surface area contributed by atoms with Crippen LogP contribution in [0.4, 0.5) is 8.78 Å². The molecular formula is C27H32F2O2. The molecule has 1 aliphatic carbocycles. The molecule has 2 nitrogen and oxygen atoms in total. The maximum atomic E-state index is 15.0. The van der Waals surface area contributed by atoms with E-state index in [0.29, 0.717) is 47.8 Å². The number of benzene rings is 2. The molecule has 0 N–H and O–H groups in total. The number of ether oxygens (including phenoxy) is 2. The van der Waals surface area contributed by atoms with Crippen LogP contribution >= 0.6 is 0 Å². The molecule has 0 bridgehead atoms. The zero-order valence-electron chi connectivity index (χ0n) is 18.3. The Balaban J connectivity index is 1.39. The largest absolute Gasteiger partial charge is 0.491 e. The van der Waals surface area contributed by atoms with Gasteiger partial charge in [-0.3, -0.25) is 0 Å². The smallest absolute Gasteiger partial charge is 0.165 e. The van der Waals surface area contributed by atoms with Crippen molar-refractivity contribution in [3.63, 3.8) is 0 Å². The second-order valence-electron chi connectivity index (χ2n) is 8.87. The van der Waals surface area contributed by atoms with Gasteiger partial charge in [0.05, 0.1) is 19.3 Å². The van der Waals surface area contributed by atoms with Crippen LogP contribution in [0.15, 0.2) is 49.1 Å². The summed E-state index contributed by atoms with van der Waals surface area (Å²) in [5.41, 5.74) is 2.00. The van der Waals surface area contributed by atoms with E-state index in [1.807, 2.05) is 19.1 Å². The van der Waals surface area contributed by atoms with Crippen LogP contribution in [-0.2, 0) is 4.74 Å². The van der Waals surface area contributed by atoms with E-state index in [-0.39, 0.29) is 17.5 Å². The van der Waals surface area contributed by atoms with Gasteiger partial charge in [0.1, 0.15) is 5.82 Å². The van der Waals surface area contributed by atoms with Gasteiger partial charge in [0.25, 0.3) is 0 Å². The first-order valence-corrected chi connectivity index (χ1v) is 11.5. The summed E-state index contributed by atoms with van der Waals surface area (Å²) in [6.45, 7) is 6.71. The third kappa shape index (κ3) is 5.01. The highest BCUT2D eigenvalue weighted by Crippen LogP contribution is 2.39. The minimum Gasteiger partial charge on any atom is -0.491 e. The van der Waals surface area contributed by atoms with E-state index in [9.17, 15) is 8.78 Å². The Morgan fingerprint density at radius 2 is 1.68 bits per heavy atom. The molecule has 166 valence electrons. The zero-order valence-corrected chi connectivity index (χ0v) is 18.3. The fourth-order valence-electron chi connectivity index (χ4n) is 5.13. The Bertz CT molecular complexity index is 894. The van der Waals surface area contributed by atoms with Gasteiger partial charge in [0, 0.05) is 5.92 Å². The lowest BCUT2D eigenvalue weighted by molar-refractivity contribution is -0.0423. The molecule has 2 atom stereocenters. The van der Waals surface area contributed by atoms with Gasteiger partial charge in [0.2, 0.25) is 0 Å². The third-order valence-corrected chi connectivity index (χ3v) is 6.99. The minimum absolute atomic E-state index is 0.0758. The van der Waals surface area contributed by atoms with Gasteiger partial charge in [0.15, 0.2) is 11.6 Å². The van der Waals surface area contributed by atoms with E-state index in [1.165, 1.54) is 37.8 Å². The standard InChI is InChI=1S/C27H32F2O2/c1-3-18-5-7-19(8-6-18)26-13-11-22(17-31-26)23-12-9-20(15-24(23)28)21-10-14-27(30-4-2)25(29)16-21/h3,9-10,12,14-16,18-19,22,26H,1,4-8,11,13,17H2,2H3. The van der Waals surface area contributed by atoms with E-state index >= 15 is 0 Å². The summed E-state index contributed by atoms with van der Waals surface area (Å²) in [6, 6.07) is 9.97. The zero-order chi connectivity index (χ0) is 21.8. The van der Waals surface area contributed by atoms with Crippen LogP contribution in [-0.4, -0.2) is 19.3 Å². The van der Waals surface area contributed by atoms with Crippen molar-refractivity contribution in [2.75, 3.05) is 13.2 Å². The molecule has 0 aromatic heterocycles. The molecule has 31 heavy (non-hydrogen) atoms. The van der Waals surface area contributed by atoms with Crippen molar-refractivity contribution < 1.29 is 18.3 Å². The van der Waals surface area contributed by atoms with Crippen LogP contribution in [0.25, 0.3) is 11.1 Å². The Morgan fingerprint density at radius 3 is 2.26 bits per heavy atom. The molecule has 0 spiro atoms. The fraction of sp³-hybridized carbons (Fsp3) is 0.481. The number of allylic oxidation sites excluding steroid dienone is 1. The van der Waals surface area contributed by atoms with E-state index in [4.69, 9.17) is 9.47 Å². The molecular weight excluding hydrogens is 394 g/mol. The first-order chi connectivity index (χ1) is 15.1. The highest BCUT2D eigenvalue weighted by molar-refractivity contribution is 5.65. The van der Waals surface area contributed by atoms with Crippen LogP contribution in [0.5, 0.6) is 5.75 Å². The van der Waals surface area contributed by atoms with Crippen LogP contribution in [0.1, 0.15) is 56.9 Å². The van der Waals surface area contributed by atoms with Crippen LogP contribution in [0.2, 0.25) is 0 Å². The van der Waals surface area contributed by atoms with E-state index in [1.54, 1.807) is 12.1 Å². The first-order valence-electron chi connectivity index (χ1n) is 11.5. The second-order valence-corrected chi connectivity index (χ2v) is 8.87. The monoisotopic (exact) mass is 426 g/mol. The van der Waals surface area contributed by atoms with Crippen LogP contribution in [0.3, 0.4) is 0 Å². The normalized spacial score (nSPS) is 26.4. The Morgan fingerprint density at radius 1 is 0.968 bits per heavy atom. The number of halogens is 2. The van der Waals surface area contributed by atoms with Crippen molar-refractivity contribution in [2.45, 2.75) is 57.5 Å². The highest BCUT2D eigenvalue weighted by Gasteiger charge is 2.32. The fourth-order valence-corrected chi connectivity index (χ4v) is 5.13. The van der Waals surface area contributed by atoms with Crippen molar-refractivity contribution >= 4 is 0 Å². The van der Waals surface area contributed by atoms with Gasteiger partial charge in [-0.1, -0.05) is 24.3 Å². The molecule has 1 saturated heterocycles. The molecule has 2 unspecified atom stereocenters. The summed E-state index contributed by atoms with van der Waals surface area (Å²) >= 11 is 0. The molecule has 2 aromatic rings. The van der Waals surface area contributed by atoms with Crippen molar-refractivity contribution in [1.29, 1.82) is 0 Å². The van der Waals surface area contributed by atoms with Gasteiger partial charge in [-0.25, -0.2) is 8.78 Å². The predicted octanol–water partition coefficient (Wildman–Crippen LogP) is 7.29.